The lowest BCUT2D eigenvalue weighted by Crippen LogP contribution is -2.49. The van der Waals surface area contributed by atoms with Crippen LogP contribution in [-0.4, -0.2) is 44.3 Å². The summed E-state index contributed by atoms with van der Waals surface area (Å²) >= 11 is 6.55. The first-order valence-electron chi connectivity index (χ1n) is 3.42. The number of alkyl halides is 2. The molecule has 3 nitrogen and oxygen atoms in total. The second-order valence-corrected chi connectivity index (χ2v) is 5.05. The number of ether oxygens (including phenoxy) is 1. The maximum absolute atomic E-state index is 9.41. The van der Waals surface area contributed by atoms with Crippen LogP contribution in [0.4, 0.5) is 0 Å². The SMILES string of the molecule is O[C@@H]1[C@H](O)[C@@H](Br)[C@@H]2O[C@@H]2[C@H]1Br. The fourth-order valence-electron chi connectivity index (χ4n) is 1.41. The summed E-state index contributed by atoms with van der Waals surface area (Å²) in [4.78, 5) is -0.257. The molecule has 64 valence electrons. The summed E-state index contributed by atoms with van der Waals surface area (Å²) in [5.74, 6) is 0. The first-order valence-corrected chi connectivity index (χ1v) is 5.26. The highest BCUT2D eigenvalue weighted by atomic mass is 79.9. The van der Waals surface area contributed by atoms with Gasteiger partial charge in [-0.05, 0) is 0 Å². The highest BCUT2D eigenvalue weighted by Gasteiger charge is 2.58. The van der Waals surface area contributed by atoms with E-state index in [1.54, 1.807) is 0 Å². The van der Waals surface area contributed by atoms with Crippen LogP contribution in [0.25, 0.3) is 0 Å². The van der Waals surface area contributed by atoms with E-state index >= 15 is 0 Å². The average Bonchev–Trinajstić information content (AvgIpc) is 2.76. The van der Waals surface area contributed by atoms with Gasteiger partial charge in [-0.25, -0.2) is 0 Å². The molecule has 0 unspecified atom stereocenters. The monoisotopic (exact) mass is 286 g/mol. The Bertz CT molecular complexity index is 159. The minimum absolute atomic E-state index is 0.0674. The van der Waals surface area contributed by atoms with E-state index < -0.39 is 12.2 Å². The first-order chi connectivity index (χ1) is 5.13. The second kappa shape index (κ2) is 2.67. The molecule has 0 radical (unpaired) electrons. The van der Waals surface area contributed by atoms with Crippen molar-refractivity contribution in [1.29, 1.82) is 0 Å². The van der Waals surface area contributed by atoms with Crippen molar-refractivity contribution in [3.63, 3.8) is 0 Å². The van der Waals surface area contributed by atoms with E-state index in [9.17, 15) is 10.2 Å². The van der Waals surface area contributed by atoms with E-state index in [0.29, 0.717) is 0 Å². The zero-order valence-corrected chi connectivity index (χ0v) is 8.69. The van der Waals surface area contributed by atoms with Crippen molar-refractivity contribution in [2.45, 2.75) is 34.1 Å². The number of halogens is 2. The molecule has 2 fully saturated rings. The van der Waals surface area contributed by atoms with Crippen LogP contribution < -0.4 is 0 Å². The van der Waals surface area contributed by atoms with Crippen LogP contribution in [0.5, 0.6) is 0 Å². The number of hydrogen-bond acceptors (Lipinski definition) is 3. The summed E-state index contributed by atoms with van der Waals surface area (Å²) in [5.41, 5.74) is 0. The van der Waals surface area contributed by atoms with Gasteiger partial charge in [0.1, 0.15) is 12.2 Å². The van der Waals surface area contributed by atoms with E-state index in [0.717, 1.165) is 0 Å². The van der Waals surface area contributed by atoms with E-state index in [1.807, 2.05) is 0 Å². The molecule has 0 aromatic rings. The molecule has 0 aromatic carbocycles. The van der Waals surface area contributed by atoms with Gasteiger partial charge in [0, 0.05) is 0 Å². The molecule has 1 aliphatic heterocycles. The Balaban J connectivity index is 2.13. The van der Waals surface area contributed by atoms with Crippen LogP contribution in [0.15, 0.2) is 0 Å². The zero-order valence-electron chi connectivity index (χ0n) is 5.52. The maximum Gasteiger partial charge on any atom is 0.100 e. The summed E-state index contributed by atoms with van der Waals surface area (Å²) in [6.45, 7) is 0. The van der Waals surface area contributed by atoms with Crippen LogP contribution in [-0.2, 0) is 4.74 Å². The minimum atomic E-state index is -0.733. The summed E-state index contributed by atoms with van der Waals surface area (Å²) < 4.78 is 5.23. The van der Waals surface area contributed by atoms with Crippen LogP contribution in [0, 0.1) is 0 Å². The van der Waals surface area contributed by atoms with E-state index in [2.05, 4.69) is 31.9 Å². The number of hydrogen-bond donors (Lipinski definition) is 2. The summed E-state index contributed by atoms with van der Waals surface area (Å²) in [6.07, 6.45) is -1.33. The maximum atomic E-state index is 9.41. The minimum Gasteiger partial charge on any atom is -0.389 e. The molecule has 0 amide bonds. The molecular formula is C6H8Br2O3. The van der Waals surface area contributed by atoms with E-state index in [-0.39, 0.29) is 21.9 Å². The second-order valence-electron chi connectivity index (χ2n) is 2.94. The van der Waals surface area contributed by atoms with Gasteiger partial charge in [-0.2, -0.15) is 0 Å². The van der Waals surface area contributed by atoms with Gasteiger partial charge in [0.2, 0.25) is 0 Å². The van der Waals surface area contributed by atoms with Crippen molar-refractivity contribution in [1.82, 2.24) is 0 Å². The highest BCUT2D eigenvalue weighted by Crippen LogP contribution is 2.43. The molecule has 1 saturated heterocycles. The predicted octanol–water partition coefficient (Wildman–Crippen LogP) is 0.0162. The summed E-state index contributed by atoms with van der Waals surface area (Å²) in [6, 6.07) is 0. The molecule has 6 atom stereocenters. The Labute approximate surface area is 81.0 Å². The van der Waals surface area contributed by atoms with Crippen molar-refractivity contribution >= 4 is 31.9 Å². The normalized spacial score (nSPS) is 62.2. The van der Waals surface area contributed by atoms with Crippen molar-refractivity contribution in [2.24, 2.45) is 0 Å². The third-order valence-corrected chi connectivity index (χ3v) is 4.32. The van der Waals surface area contributed by atoms with Crippen molar-refractivity contribution in [2.75, 3.05) is 0 Å². The largest absolute Gasteiger partial charge is 0.389 e. The lowest BCUT2D eigenvalue weighted by Gasteiger charge is -2.28. The van der Waals surface area contributed by atoms with E-state index in [1.165, 1.54) is 0 Å². The average molecular weight is 288 g/mol. The van der Waals surface area contributed by atoms with Gasteiger partial charge in [0.15, 0.2) is 0 Å². The highest BCUT2D eigenvalue weighted by molar-refractivity contribution is 9.10. The molecule has 1 saturated carbocycles. The molecule has 5 heteroatoms. The van der Waals surface area contributed by atoms with Crippen molar-refractivity contribution < 1.29 is 14.9 Å². The third-order valence-electron chi connectivity index (χ3n) is 2.19. The molecule has 0 spiro atoms. The Hall–Kier alpha value is 0.840. The molecule has 2 N–H and O–H groups in total. The standard InChI is InChI=1S/C6H8Br2O3/c7-1-3(9)4(10)2(8)6-5(1)11-6/h1-6,9-10H/t1-,2+,3-,4+,5+,6-. The van der Waals surface area contributed by atoms with Crippen LogP contribution in [0.3, 0.4) is 0 Å². The first kappa shape index (κ1) is 8.44. The van der Waals surface area contributed by atoms with Gasteiger partial charge in [0.05, 0.1) is 21.9 Å². The molecule has 0 aromatic heterocycles. The van der Waals surface area contributed by atoms with Gasteiger partial charge in [0.25, 0.3) is 0 Å². The van der Waals surface area contributed by atoms with Gasteiger partial charge in [-0.3, -0.25) is 0 Å². The van der Waals surface area contributed by atoms with Crippen LogP contribution >= 0.6 is 31.9 Å². The molecular weight excluding hydrogens is 280 g/mol. The van der Waals surface area contributed by atoms with Crippen molar-refractivity contribution in [3.8, 4) is 0 Å². The van der Waals surface area contributed by atoms with E-state index in [4.69, 9.17) is 4.74 Å². The zero-order chi connectivity index (χ0) is 8.17. The van der Waals surface area contributed by atoms with Gasteiger partial charge >= 0.3 is 0 Å². The van der Waals surface area contributed by atoms with Crippen LogP contribution in [0.2, 0.25) is 0 Å². The number of epoxide rings is 1. The fraction of sp³-hybridized carbons (Fsp3) is 1.00. The number of aliphatic hydroxyl groups excluding tert-OH is 2. The fourth-order valence-corrected chi connectivity index (χ4v) is 2.89. The molecule has 2 aliphatic rings. The lowest BCUT2D eigenvalue weighted by atomic mass is 9.95. The van der Waals surface area contributed by atoms with Gasteiger partial charge in [-0.15, -0.1) is 0 Å². The van der Waals surface area contributed by atoms with Gasteiger partial charge < -0.3 is 14.9 Å². The number of rotatable bonds is 0. The third kappa shape index (κ3) is 1.18. The molecule has 0 bridgehead atoms. The quantitative estimate of drug-likeness (QED) is 0.488. The summed E-state index contributed by atoms with van der Waals surface area (Å²) in [5, 5.41) is 18.8. The topological polar surface area (TPSA) is 53.0 Å². The lowest BCUT2D eigenvalue weighted by molar-refractivity contribution is 0.0104. The van der Waals surface area contributed by atoms with Gasteiger partial charge in [-0.1, -0.05) is 31.9 Å². The number of fused-ring (bicyclic) bond motifs is 1. The Morgan fingerprint density at radius 3 is 1.64 bits per heavy atom. The predicted molar refractivity (Wildman–Crippen MR) is 46.1 cm³/mol. The molecule has 11 heavy (non-hydrogen) atoms. The smallest absolute Gasteiger partial charge is 0.100 e. The Morgan fingerprint density at radius 1 is 0.909 bits per heavy atom. The molecule has 1 heterocycles. The Kier molecular flexibility index (Phi) is 2.05. The van der Waals surface area contributed by atoms with Crippen molar-refractivity contribution in [3.05, 3.63) is 0 Å². The van der Waals surface area contributed by atoms with Crippen LogP contribution in [0.1, 0.15) is 0 Å². The molecule has 2 rings (SSSR count). The Morgan fingerprint density at radius 2 is 1.27 bits per heavy atom. The summed E-state index contributed by atoms with van der Waals surface area (Å²) in [7, 11) is 0. The number of aliphatic hydroxyl groups is 2. The molecule has 1 aliphatic carbocycles.